The lowest BCUT2D eigenvalue weighted by Crippen LogP contribution is -2.39. The number of ether oxygens (including phenoxy) is 1. The number of rotatable bonds is 7. The van der Waals surface area contributed by atoms with Gasteiger partial charge in [-0.05, 0) is 36.9 Å². The molecule has 0 radical (unpaired) electrons. The molecule has 0 atom stereocenters. The third-order valence-corrected chi connectivity index (χ3v) is 6.91. The Morgan fingerprint density at radius 1 is 1.17 bits per heavy atom. The average Bonchev–Trinajstić information content (AvgIpc) is 3.21. The van der Waals surface area contributed by atoms with Crippen molar-refractivity contribution in [2.75, 3.05) is 50.5 Å². The molecule has 1 saturated heterocycles. The molecule has 0 bridgehead atoms. The lowest BCUT2D eigenvalue weighted by Gasteiger charge is -2.28. The first-order valence-corrected chi connectivity index (χ1v) is 11.9. The van der Waals surface area contributed by atoms with Crippen LogP contribution in [-0.2, 0) is 4.74 Å². The van der Waals surface area contributed by atoms with Crippen LogP contribution in [0.5, 0.6) is 0 Å². The molecule has 160 valence electrons. The number of anilines is 1. The van der Waals surface area contributed by atoms with Crippen LogP contribution in [0, 0.1) is 0 Å². The third-order valence-electron chi connectivity index (χ3n) is 5.06. The highest BCUT2D eigenvalue weighted by molar-refractivity contribution is 7.98. The van der Waals surface area contributed by atoms with Crippen molar-refractivity contribution in [3.05, 3.63) is 54.1 Å². The number of carbonyl (C=O) groups excluding carboxylic acids is 1. The van der Waals surface area contributed by atoms with Gasteiger partial charge in [-0.3, -0.25) is 14.6 Å². The van der Waals surface area contributed by atoms with E-state index in [0.29, 0.717) is 6.54 Å². The molecule has 5 nitrogen and oxygen atoms in total. The highest BCUT2D eigenvalue weighted by Crippen LogP contribution is 2.31. The summed E-state index contributed by atoms with van der Waals surface area (Å²) < 4.78 is 6.54. The third kappa shape index (κ3) is 5.34. The maximum absolute atomic E-state index is 13.5. The van der Waals surface area contributed by atoms with Gasteiger partial charge in [-0.2, -0.15) is 0 Å². The zero-order valence-corrected chi connectivity index (χ0v) is 19.4. The summed E-state index contributed by atoms with van der Waals surface area (Å²) in [7, 11) is 0. The molecule has 8 heteroatoms. The van der Waals surface area contributed by atoms with Gasteiger partial charge >= 0.3 is 0 Å². The molecule has 2 aromatic carbocycles. The van der Waals surface area contributed by atoms with E-state index in [9.17, 15) is 4.79 Å². The number of aromatic nitrogens is 1. The molecule has 0 spiro atoms. The first kappa shape index (κ1) is 23.0. The molecule has 0 N–H and O–H groups in total. The van der Waals surface area contributed by atoms with Gasteiger partial charge in [-0.15, -0.1) is 24.2 Å². The maximum atomic E-state index is 13.5. The summed E-state index contributed by atoms with van der Waals surface area (Å²) >= 11 is 3.18. The lowest BCUT2D eigenvalue weighted by molar-refractivity contribution is 0.0376. The second kappa shape index (κ2) is 11.1. The van der Waals surface area contributed by atoms with Crippen LogP contribution in [0.3, 0.4) is 0 Å². The molecule has 3 aromatic rings. The van der Waals surface area contributed by atoms with Crippen LogP contribution >= 0.6 is 35.5 Å². The molecule has 1 fully saturated rings. The number of thiazole rings is 1. The summed E-state index contributed by atoms with van der Waals surface area (Å²) in [6.07, 6.45) is 2.91. The van der Waals surface area contributed by atoms with E-state index >= 15 is 0 Å². The van der Waals surface area contributed by atoms with Crippen molar-refractivity contribution in [2.24, 2.45) is 0 Å². The number of hydrogen-bond donors (Lipinski definition) is 0. The summed E-state index contributed by atoms with van der Waals surface area (Å²) in [5, 5.41) is 0.772. The Kier molecular flexibility index (Phi) is 8.53. The van der Waals surface area contributed by atoms with Gasteiger partial charge in [0, 0.05) is 31.1 Å². The molecular weight excluding hydrogens is 438 g/mol. The molecule has 0 saturated carbocycles. The van der Waals surface area contributed by atoms with Crippen LogP contribution in [0.1, 0.15) is 16.8 Å². The molecule has 30 heavy (non-hydrogen) atoms. The zero-order valence-electron chi connectivity index (χ0n) is 17.0. The minimum atomic E-state index is 0. The Morgan fingerprint density at radius 2 is 1.90 bits per heavy atom. The van der Waals surface area contributed by atoms with Crippen molar-refractivity contribution in [1.82, 2.24) is 9.88 Å². The van der Waals surface area contributed by atoms with E-state index in [2.05, 4.69) is 11.0 Å². The highest BCUT2D eigenvalue weighted by atomic mass is 35.5. The number of para-hydroxylation sites is 1. The summed E-state index contributed by atoms with van der Waals surface area (Å²) in [6.45, 7) is 5.12. The van der Waals surface area contributed by atoms with Crippen LogP contribution < -0.4 is 4.90 Å². The van der Waals surface area contributed by atoms with Crippen LogP contribution in [0.2, 0.25) is 0 Å². The van der Waals surface area contributed by atoms with Crippen LogP contribution in [0.25, 0.3) is 10.2 Å². The van der Waals surface area contributed by atoms with Crippen LogP contribution in [0.4, 0.5) is 5.13 Å². The number of hydrogen-bond acceptors (Lipinski definition) is 6. The van der Waals surface area contributed by atoms with E-state index in [0.717, 1.165) is 65.1 Å². The second-order valence-electron chi connectivity index (χ2n) is 6.93. The van der Waals surface area contributed by atoms with Gasteiger partial charge in [-0.25, -0.2) is 4.98 Å². The average molecular weight is 464 g/mol. The number of benzene rings is 2. The highest BCUT2D eigenvalue weighted by Gasteiger charge is 2.23. The SMILES string of the molecule is CSc1ccccc1C(=O)N(CCCN1CCOCC1)c1nc2ccccc2s1.Cl. The van der Waals surface area contributed by atoms with Crippen molar-refractivity contribution in [1.29, 1.82) is 0 Å². The fourth-order valence-corrected chi connectivity index (χ4v) is 5.08. The maximum Gasteiger partial charge on any atom is 0.261 e. The van der Waals surface area contributed by atoms with E-state index in [1.54, 1.807) is 23.1 Å². The fourth-order valence-electron chi connectivity index (χ4n) is 3.50. The molecule has 0 aliphatic carbocycles. The van der Waals surface area contributed by atoms with E-state index in [1.165, 1.54) is 0 Å². The molecular formula is C22H26ClN3O2S2. The van der Waals surface area contributed by atoms with Crippen molar-refractivity contribution in [3.8, 4) is 0 Å². The molecule has 1 aromatic heterocycles. The topological polar surface area (TPSA) is 45.7 Å². The number of fused-ring (bicyclic) bond motifs is 1. The van der Waals surface area contributed by atoms with Gasteiger partial charge in [-0.1, -0.05) is 35.6 Å². The first-order valence-electron chi connectivity index (χ1n) is 9.87. The van der Waals surface area contributed by atoms with Crippen molar-refractivity contribution < 1.29 is 9.53 Å². The number of morpholine rings is 1. The van der Waals surface area contributed by atoms with E-state index in [1.807, 2.05) is 53.6 Å². The fraction of sp³-hybridized carbons (Fsp3) is 0.364. The standard InChI is InChI=1S/C22H25N3O2S2.ClH/c1-28-19-9-4-2-7-17(19)21(26)25(12-6-11-24-13-15-27-16-14-24)22-23-18-8-3-5-10-20(18)29-22;/h2-5,7-10H,6,11-16H2,1H3;1H. The molecule has 2 heterocycles. The Hall–Kier alpha value is -1.64. The number of amides is 1. The minimum Gasteiger partial charge on any atom is -0.379 e. The summed E-state index contributed by atoms with van der Waals surface area (Å²) in [4.78, 5) is 23.6. The molecule has 0 unspecified atom stereocenters. The van der Waals surface area contributed by atoms with Gasteiger partial charge < -0.3 is 4.74 Å². The number of carbonyl (C=O) groups is 1. The van der Waals surface area contributed by atoms with E-state index in [4.69, 9.17) is 9.72 Å². The second-order valence-corrected chi connectivity index (χ2v) is 8.79. The van der Waals surface area contributed by atoms with Crippen LogP contribution in [-0.4, -0.2) is 61.4 Å². The van der Waals surface area contributed by atoms with Crippen molar-refractivity contribution >= 4 is 56.8 Å². The molecule has 1 aliphatic rings. The van der Waals surface area contributed by atoms with Crippen molar-refractivity contribution in [3.63, 3.8) is 0 Å². The predicted octanol–water partition coefficient (Wildman–Crippen LogP) is 4.81. The Balaban J connectivity index is 0.00000256. The summed E-state index contributed by atoms with van der Waals surface area (Å²) in [5.41, 5.74) is 1.68. The van der Waals surface area contributed by atoms with Gasteiger partial charge in [0.15, 0.2) is 5.13 Å². The predicted molar refractivity (Wildman–Crippen MR) is 129 cm³/mol. The molecule has 1 aliphatic heterocycles. The quantitative estimate of drug-likeness (QED) is 0.470. The largest absolute Gasteiger partial charge is 0.379 e. The zero-order chi connectivity index (χ0) is 20.1. The normalized spacial score (nSPS) is 14.4. The lowest BCUT2D eigenvalue weighted by atomic mass is 10.2. The smallest absolute Gasteiger partial charge is 0.261 e. The number of thioether (sulfide) groups is 1. The van der Waals surface area contributed by atoms with Crippen molar-refractivity contribution in [2.45, 2.75) is 11.3 Å². The van der Waals surface area contributed by atoms with Gasteiger partial charge in [0.2, 0.25) is 0 Å². The molecule has 4 rings (SSSR count). The Bertz CT molecular complexity index is 943. The summed E-state index contributed by atoms with van der Waals surface area (Å²) in [5.74, 6) is 0.0241. The Labute approximate surface area is 191 Å². The van der Waals surface area contributed by atoms with E-state index < -0.39 is 0 Å². The Morgan fingerprint density at radius 3 is 2.67 bits per heavy atom. The van der Waals surface area contributed by atoms with Crippen LogP contribution in [0.15, 0.2) is 53.4 Å². The number of nitrogens with zero attached hydrogens (tertiary/aromatic N) is 3. The minimum absolute atomic E-state index is 0. The summed E-state index contributed by atoms with van der Waals surface area (Å²) in [6, 6.07) is 15.9. The first-order chi connectivity index (χ1) is 14.3. The molecule has 1 amide bonds. The monoisotopic (exact) mass is 463 g/mol. The van der Waals surface area contributed by atoms with Gasteiger partial charge in [0.1, 0.15) is 0 Å². The number of halogens is 1. The van der Waals surface area contributed by atoms with E-state index in [-0.39, 0.29) is 18.3 Å². The van der Waals surface area contributed by atoms with Gasteiger partial charge in [0.25, 0.3) is 5.91 Å². The van der Waals surface area contributed by atoms with Gasteiger partial charge in [0.05, 0.1) is 29.0 Å².